The predicted molar refractivity (Wildman–Crippen MR) is 153 cm³/mol. The van der Waals surface area contributed by atoms with Gasteiger partial charge in [-0.25, -0.2) is 9.37 Å². The Morgan fingerprint density at radius 3 is 2.51 bits per heavy atom. The van der Waals surface area contributed by atoms with E-state index in [1.54, 1.807) is 39.0 Å². The Bertz CT molecular complexity index is 1720. The topological polar surface area (TPSA) is 94.4 Å². The fourth-order valence-electron chi connectivity index (χ4n) is 4.99. The highest BCUT2D eigenvalue weighted by atomic mass is 32.1. The number of aromatic nitrogens is 2. The van der Waals surface area contributed by atoms with Gasteiger partial charge in [-0.2, -0.15) is 0 Å². The largest absolute Gasteiger partial charge is 0.448 e. The highest BCUT2D eigenvalue weighted by Crippen LogP contribution is 2.33. The first-order chi connectivity index (χ1) is 18.7. The number of halogens is 1. The Morgan fingerprint density at radius 2 is 1.87 bits per heavy atom. The lowest BCUT2D eigenvalue weighted by molar-refractivity contribution is 0.0612. The van der Waals surface area contributed by atoms with Gasteiger partial charge in [0.25, 0.3) is 11.5 Å². The van der Waals surface area contributed by atoms with Crippen molar-refractivity contribution in [2.24, 2.45) is 11.7 Å². The minimum atomic E-state index is -0.564. The molecule has 0 aliphatic rings. The van der Waals surface area contributed by atoms with Crippen LogP contribution in [-0.2, 0) is 6.54 Å². The SMILES string of the molecule is Cc1ccc(C(=O)N(CCN)C(c2nc3c(oc4cc(F)ccc43)c(=O)n2Cc2cc(C)cs2)C(C)C)cc1. The van der Waals surface area contributed by atoms with Gasteiger partial charge in [-0.15, -0.1) is 11.3 Å². The van der Waals surface area contributed by atoms with Gasteiger partial charge in [0.2, 0.25) is 5.58 Å². The van der Waals surface area contributed by atoms with E-state index in [0.29, 0.717) is 22.3 Å². The number of nitrogens with zero attached hydrogens (tertiary/aromatic N) is 3. The Morgan fingerprint density at radius 1 is 1.13 bits per heavy atom. The summed E-state index contributed by atoms with van der Waals surface area (Å²) in [6.07, 6.45) is 0. The van der Waals surface area contributed by atoms with E-state index < -0.39 is 11.9 Å². The number of amides is 1. The molecule has 1 unspecified atom stereocenters. The van der Waals surface area contributed by atoms with Gasteiger partial charge in [-0.3, -0.25) is 14.2 Å². The summed E-state index contributed by atoms with van der Waals surface area (Å²) < 4.78 is 21.4. The Labute approximate surface area is 229 Å². The molecule has 9 heteroatoms. The summed E-state index contributed by atoms with van der Waals surface area (Å²) >= 11 is 1.55. The summed E-state index contributed by atoms with van der Waals surface area (Å²) in [4.78, 5) is 35.6. The summed E-state index contributed by atoms with van der Waals surface area (Å²) in [6, 6.07) is 13.0. The van der Waals surface area contributed by atoms with Crippen LogP contribution in [0.3, 0.4) is 0 Å². The van der Waals surface area contributed by atoms with Crippen LogP contribution < -0.4 is 11.3 Å². The van der Waals surface area contributed by atoms with Crippen LogP contribution in [0.4, 0.5) is 4.39 Å². The highest BCUT2D eigenvalue weighted by Gasteiger charge is 2.33. The smallest absolute Gasteiger partial charge is 0.297 e. The van der Waals surface area contributed by atoms with Crippen LogP contribution in [0.15, 0.2) is 63.1 Å². The molecular weight excluding hydrogens is 515 g/mol. The number of hydrogen-bond donors (Lipinski definition) is 1. The van der Waals surface area contributed by atoms with E-state index in [2.05, 4.69) is 0 Å². The van der Waals surface area contributed by atoms with Crippen LogP contribution in [-0.4, -0.2) is 33.4 Å². The molecule has 0 fully saturated rings. The van der Waals surface area contributed by atoms with Gasteiger partial charge < -0.3 is 15.1 Å². The summed E-state index contributed by atoms with van der Waals surface area (Å²) in [5.41, 5.74) is 8.98. The lowest BCUT2D eigenvalue weighted by Gasteiger charge is -2.35. The van der Waals surface area contributed by atoms with Gasteiger partial charge in [0.05, 0.1) is 12.6 Å². The third-order valence-electron chi connectivity index (χ3n) is 6.83. The fraction of sp³-hybridized carbons (Fsp3) is 0.300. The maximum Gasteiger partial charge on any atom is 0.297 e. The zero-order chi connectivity index (χ0) is 27.8. The number of furan rings is 1. The van der Waals surface area contributed by atoms with E-state index in [1.165, 1.54) is 12.1 Å². The molecule has 0 spiro atoms. The van der Waals surface area contributed by atoms with Crippen molar-refractivity contribution in [2.75, 3.05) is 13.1 Å². The first-order valence-corrected chi connectivity index (χ1v) is 13.8. The number of hydrogen-bond acceptors (Lipinski definition) is 6. The number of rotatable bonds is 8. The minimum absolute atomic E-state index is 0.0605. The van der Waals surface area contributed by atoms with Crippen molar-refractivity contribution in [1.82, 2.24) is 14.5 Å². The second-order valence-corrected chi connectivity index (χ2v) is 11.2. The molecule has 2 N–H and O–H groups in total. The molecule has 5 aromatic rings. The first kappa shape index (κ1) is 26.8. The van der Waals surface area contributed by atoms with Crippen LogP contribution in [0.1, 0.15) is 52.1 Å². The zero-order valence-electron chi connectivity index (χ0n) is 22.4. The van der Waals surface area contributed by atoms with Crippen LogP contribution in [0, 0.1) is 25.6 Å². The van der Waals surface area contributed by atoms with Crippen LogP contribution in [0.25, 0.3) is 22.1 Å². The molecule has 0 radical (unpaired) electrons. The number of carbonyl (C=O) groups excluding carboxylic acids is 1. The van der Waals surface area contributed by atoms with E-state index in [0.717, 1.165) is 16.0 Å². The molecule has 0 aliphatic heterocycles. The van der Waals surface area contributed by atoms with Crippen molar-refractivity contribution in [3.05, 3.63) is 97.5 Å². The maximum atomic E-state index is 14.0. The molecule has 3 aromatic heterocycles. The molecule has 0 saturated carbocycles. The van der Waals surface area contributed by atoms with Crippen molar-refractivity contribution < 1.29 is 13.6 Å². The number of nitrogens with two attached hydrogens (primary N) is 1. The molecule has 39 heavy (non-hydrogen) atoms. The van der Waals surface area contributed by atoms with Crippen LogP contribution in [0.2, 0.25) is 0 Å². The van der Waals surface area contributed by atoms with Gasteiger partial charge in [0.1, 0.15) is 22.7 Å². The van der Waals surface area contributed by atoms with Crippen molar-refractivity contribution in [1.29, 1.82) is 0 Å². The number of aryl methyl sites for hydroxylation is 2. The number of benzene rings is 2. The maximum absolute atomic E-state index is 14.0. The van der Waals surface area contributed by atoms with Crippen molar-refractivity contribution in [2.45, 2.75) is 40.3 Å². The van der Waals surface area contributed by atoms with E-state index in [9.17, 15) is 14.0 Å². The third kappa shape index (κ3) is 5.12. The zero-order valence-corrected chi connectivity index (χ0v) is 23.2. The molecule has 0 aliphatic carbocycles. The van der Waals surface area contributed by atoms with Crippen molar-refractivity contribution in [3.63, 3.8) is 0 Å². The molecule has 1 atom stereocenters. The molecule has 1 amide bonds. The Kier molecular flexibility index (Phi) is 7.38. The van der Waals surface area contributed by atoms with Gasteiger partial charge in [0.15, 0.2) is 0 Å². The average molecular weight is 547 g/mol. The van der Waals surface area contributed by atoms with Crippen LogP contribution in [0.5, 0.6) is 0 Å². The van der Waals surface area contributed by atoms with E-state index in [1.807, 2.05) is 51.3 Å². The normalized spacial score (nSPS) is 12.5. The van der Waals surface area contributed by atoms with E-state index >= 15 is 0 Å². The molecule has 0 bridgehead atoms. The fourth-order valence-corrected chi connectivity index (χ4v) is 5.85. The molecule has 0 saturated heterocycles. The summed E-state index contributed by atoms with van der Waals surface area (Å²) in [7, 11) is 0. The Balaban J connectivity index is 1.76. The van der Waals surface area contributed by atoms with E-state index in [-0.39, 0.29) is 48.2 Å². The minimum Gasteiger partial charge on any atom is -0.448 e. The lowest BCUT2D eigenvalue weighted by atomic mass is 9.99. The molecule has 3 heterocycles. The van der Waals surface area contributed by atoms with Gasteiger partial charge in [-0.1, -0.05) is 31.5 Å². The quantitative estimate of drug-likeness (QED) is 0.265. The van der Waals surface area contributed by atoms with Gasteiger partial charge in [0, 0.05) is 35.0 Å². The number of fused-ring (bicyclic) bond motifs is 3. The van der Waals surface area contributed by atoms with Crippen LogP contribution >= 0.6 is 11.3 Å². The Hall–Kier alpha value is -3.82. The number of carbonyl (C=O) groups is 1. The summed E-state index contributed by atoms with van der Waals surface area (Å²) in [6.45, 7) is 8.74. The molecule has 202 valence electrons. The number of thiophene rings is 1. The van der Waals surface area contributed by atoms with Crippen molar-refractivity contribution in [3.8, 4) is 0 Å². The van der Waals surface area contributed by atoms with E-state index in [4.69, 9.17) is 15.1 Å². The predicted octanol–water partition coefficient (Wildman–Crippen LogP) is 5.81. The summed E-state index contributed by atoms with van der Waals surface area (Å²) in [5.74, 6) is -0.322. The highest BCUT2D eigenvalue weighted by molar-refractivity contribution is 7.10. The molecule has 2 aromatic carbocycles. The first-order valence-electron chi connectivity index (χ1n) is 12.9. The van der Waals surface area contributed by atoms with Crippen molar-refractivity contribution >= 4 is 39.3 Å². The third-order valence-corrected chi connectivity index (χ3v) is 7.87. The summed E-state index contributed by atoms with van der Waals surface area (Å²) in [5, 5.41) is 2.57. The lowest BCUT2D eigenvalue weighted by Crippen LogP contribution is -2.43. The average Bonchev–Trinajstić information content (AvgIpc) is 3.48. The standard InChI is InChI=1S/C30H31FN4O3S/c1-17(2)26(34(12-11-32)29(36)20-7-5-18(3)6-8-20)28-33-25-23-10-9-21(31)14-24(23)38-27(25)30(37)35(28)15-22-13-19(4)16-39-22/h5-10,13-14,16-17,26H,11-12,15,32H2,1-4H3. The second-order valence-electron chi connectivity index (χ2n) is 10.2. The van der Waals surface area contributed by atoms with Gasteiger partial charge in [-0.05, 0) is 61.0 Å². The second kappa shape index (κ2) is 10.7. The van der Waals surface area contributed by atoms with Gasteiger partial charge >= 0.3 is 0 Å². The molecule has 7 nitrogen and oxygen atoms in total. The molecule has 5 rings (SSSR count). The monoisotopic (exact) mass is 546 g/mol. The molecular formula is C30H31FN4O3S.